The summed E-state index contributed by atoms with van der Waals surface area (Å²) in [5.74, 6) is 1.46. The molecule has 1 aliphatic rings. The standard InChI is InChI=1S/C10H8N2O3/c11-10-12-7(4-13-10)6-1-2-8-9(3-6)15-5-14-8/h1-4H,5H2,(H2,11,12). The number of benzene rings is 1. The van der Waals surface area contributed by atoms with Crippen molar-refractivity contribution in [2.24, 2.45) is 0 Å². The molecule has 0 radical (unpaired) electrons. The zero-order valence-corrected chi connectivity index (χ0v) is 7.77. The highest BCUT2D eigenvalue weighted by atomic mass is 16.7. The number of aromatic nitrogens is 1. The van der Waals surface area contributed by atoms with Crippen LogP contribution in [0.5, 0.6) is 11.5 Å². The minimum absolute atomic E-state index is 0.155. The third-order valence-corrected chi connectivity index (χ3v) is 2.19. The zero-order chi connectivity index (χ0) is 10.3. The van der Waals surface area contributed by atoms with Crippen molar-refractivity contribution in [1.82, 2.24) is 4.98 Å². The summed E-state index contributed by atoms with van der Waals surface area (Å²) in [5, 5.41) is 0. The molecular weight excluding hydrogens is 196 g/mol. The number of anilines is 1. The first-order valence-electron chi connectivity index (χ1n) is 4.44. The molecule has 0 atom stereocenters. The van der Waals surface area contributed by atoms with E-state index in [1.807, 2.05) is 18.2 Å². The van der Waals surface area contributed by atoms with Crippen LogP contribution in [0.4, 0.5) is 6.01 Å². The molecule has 1 aliphatic heterocycles. The van der Waals surface area contributed by atoms with E-state index in [-0.39, 0.29) is 12.8 Å². The minimum atomic E-state index is 0.155. The summed E-state index contributed by atoms with van der Waals surface area (Å²) in [5.41, 5.74) is 6.97. The van der Waals surface area contributed by atoms with E-state index >= 15 is 0 Å². The van der Waals surface area contributed by atoms with Gasteiger partial charge in [-0.1, -0.05) is 0 Å². The number of fused-ring (bicyclic) bond motifs is 1. The topological polar surface area (TPSA) is 70.5 Å². The third kappa shape index (κ3) is 1.28. The predicted molar refractivity (Wildman–Crippen MR) is 52.5 cm³/mol. The monoisotopic (exact) mass is 204 g/mol. The molecule has 1 aromatic heterocycles. The fourth-order valence-electron chi connectivity index (χ4n) is 1.48. The summed E-state index contributed by atoms with van der Waals surface area (Å²) in [4.78, 5) is 4.02. The molecule has 0 bridgehead atoms. The number of nitrogens with two attached hydrogens (primary N) is 1. The van der Waals surface area contributed by atoms with Crippen molar-refractivity contribution in [3.63, 3.8) is 0 Å². The van der Waals surface area contributed by atoms with Crippen molar-refractivity contribution < 1.29 is 13.9 Å². The second kappa shape index (κ2) is 2.91. The number of hydrogen-bond acceptors (Lipinski definition) is 5. The number of oxazole rings is 1. The molecule has 76 valence electrons. The Balaban J connectivity index is 2.06. The van der Waals surface area contributed by atoms with E-state index in [0.717, 1.165) is 11.3 Å². The van der Waals surface area contributed by atoms with Gasteiger partial charge in [-0.25, -0.2) is 0 Å². The van der Waals surface area contributed by atoms with Crippen LogP contribution in [0, 0.1) is 0 Å². The van der Waals surface area contributed by atoms with Gasteiger partial charge < -0.3 is 19.6 Å². The average Bonchev–Trinajstić information content (AvgIpc) is 2.84. The van der Waals surface area contributed by atoms with Crippen LogP contribution in [0.2, 0.25) is 0 Å². The molecule has 2 N–H and O–H groups in total. The molecule has 0 aliphatic carbocycles. The van der Waals surface area contributed by atoms with Gasteiger partial charge in [0.1, 0.15) is 12.0 Å². The molecule has 0 spiro atoms. The molecule has 0 saturated heterocycles. The van der Waals surface area contributed by atoms with E-state index in [1.54, 1.807) is 0 Å². The maximum absolute atomic E-state index is 5.40. The van der Waals surface area contributed by atoms with Crippen molar-refractivity contribution >= 4 is 6.01 Å². The summed E-state index contributed by atoms with van der Waals surface area (Å²) >= 11 is 0. The van der Waals surface area contributed by atoms with Crippen LogP contribution < -0.4 is 15.2 Å². The number of ether oxygens (including phenoxy) is 2. The summed E-state index contributed by atoms with van der Waals surface area (Å²) in [6, 6.07) is 5.72. The molecule has 0 fully saturated rings. The van der Waals surface area contributed by atoms with E-state index in [4.69, 9.17) is 19.6 Å². The van der Waals surface area contributed by atoms with Crippen LogP contribution in [0.25, 0.3) is 11.3 Å². The Kier molecular flexibility index (Phi) is 1.58. The molecule has 1 aromatic carbocycles. The summed E-state index contributed by atoms with van der Waals surface area (Å²) in [6.45, 7) is 0.264. The van der Waals surface area contributed by atoms with Crippen molar-refractivity contribution in [3.05, 3.63) is 24.5 Å². The average molecular weight is 204 g/mol. The number of nitrogens with zero attached hydrogens (tertiary/aromatic N) is 1. The van der Waals surface area contributed by atoms with Crippen molar-refractivity contribution in [2.75, 3.05) is 12.5 Å². The smallest absolute Gasteiger partial charge is 0.292 e. The molecular formula is C10H8N2O3. The molecule has 5 nitrogen and oxygen atoms in total. The quantitative estimate of drug-likeness (QED) is 0.764. The molecule has 0 unspecified atom stereocenters. The van der Waals surface area contributed by atoms with Crippen molar-refractivity contribution in [3.8, 4) is 22.8 Å². The maximum atomic E-state index is 5.40. The van der Waals surface area contributed by atoms with Gasteiger partial charge >= 0.3 is 0 Å². The van der Waals surface area contributed by atoms with Gasteiger partial charge in [-0.15, -0.1) is 0 Å². The second-order valence-corrected chi connectivity index (χ2v) is 3.14. The number of nitrogen functional groups attached to an aromatic ring is 1. The van der Waals surface area contributed by atoms with E-state index < -0.39 is 0 Å². The van der Waals surface area contributed by atoms with Gasteiger partial charge in [0.05, 0.1) is 0 Å². The Hall–Kier alpha value is -2.17. The minimum Gasteiger partial charge on any atom is -0.454 e. The molecule has 2 heterocycles. The second-order valence-electron chi connectivity index (χ2n) is 3.14. The SMILES string of the molecule is Nc1nc(-c2ccc3c(c2)OCO3)co1. The molecule has 2 aromatic rings. The molecule has 15 heavy (non-hydrogen) atoms. The van der Waals surface area contributed by atoms with E-state index in [1.165, 1.54) is 6.26 Å². The highest BCUT2D eigenvalue weighted by molar-refractivity contribution is 5.64. The van der Waals surface area contributed by atoms with E-state index in [2.05, 4.69) is 4.98 Å². The highest BCUT2D eigenvalue weighted by Gasteiger charge is 2.14. The first kappa shape index (κ1) is 8.16. The third-order valence-electron chi connectivity index (χ3n) is 2.19. The Morgan fingerprint density at radius 2 is 2.07 bits per heavy atom. The van der Waals surface area contributed by atoms with Gasteiger partial charge in [-0.3, -0.25) is 0 Å². The van der Waals surface area contributed by atoms with Gasteiger partial charge in [0.2, 0.25) is 6.79 Å². The lowest BCUT2D eigenvalue weighted by molar-refractivity contribution is 0.174. The zero-order valence-electron chi connectivity index (χ0n) is 7.77. The highest BCUT2D eigenvalue weighted by Crippen LogP contribution is 2.35. The number of hydrogen-bond donors (Lipinski definition) is 1. The van der Waals surface area contributed by atoms with E-state index in [0.29, 0.717) is 11.4 Å². The lowest BCUT2D eigenvalue weighted by atomic mass is 10.1. The molecule has 0 amide bonds. The fraction of sp³-hybridized carbons (Fsp3) is 0.100. The van der Waals surface area contributed by atoms with Crippen molar-refractivity contribution in [1.29, 1.82) is 0 Å². The summed E-state index contributed by atoms with van der Waals surface area (Å²) in [6.07, 6.45) is 1.51. The van der Waals surface area contributed by atoms with Crippen LogP contribution in [-0.2, 0) is 0 Å². The van der Waals surface area contributed by atoms with Crippen LogP contribution in [0.15, 0.2) is 28.9 Å². The van der Waals surface area contributed by atoms with Gasteiger partial charge in [-0.2, -0.15) is 4.98 Å². The van der Waals surface area contributed by atoms with Gasteiger partial charge in [0.15, 0.2) is 11.5 Å². The fourth-order valence-corrected chi connectivity index (χ4v) is 1.48. The molecule has 0 saturated carbocycles. The van der Waals surface area contributed by atoms with Gasteiger partial charge in [-0.05, 0) is 18.2 Å². The first-order chi connectivity index (χ1) is 7.33. The molecule has 5 heteroatoms. The summed E-state index contributed by atoms with van der Waals surface area (Å²) < 4.78 is 15.4. The van der Waals surface area contributed by atoms with Crippen LogP contribution >= 0.6 is 0 Å². The van der Waals surface area contributed by atoms with E-state index in [9.17, 15) is 0 Å². The van der Waals surface area contributed by atoms with Gasteiger partial charge in [0, 0.05) is 5.56 Å². The lowest BCUT2D eigenvalue weighted by Gasteiger charge is -1.98. The lowest BCUT2D eigenvalue weighted by Crippen LogP contribution is -1.92. The normalized spacial score (nSPS) is 13.1. The maximum Gasteiger partial charge on any atom is 0.292 e. The summed E-state index contributed by atoms with van der Waals surface area (Å²) in [7, 11) is 0. The first-order valence-corrected chi connectivity index (χ1v) is 4.44. The van der Waals surface area contributed by atoms with Crippen LogP contribution in [0.1, 0.15) is 0 Å². The van der Waals surface area contributed by atoms with Crippen LogP contribution in [0.3, 0.4) is 0 Å². The van der Waals surface area contributed by atoms with Gasteiger partial charge in [0.25, 0.3) is 6.01 Å². The molecule has 3 rings (SSSR count). The Labute approximate surface area is 85.4 Å². The largest absolute Gasteiger partial charge is 0.454 e. The predicted octanol–water partition coefficient (Wildman–Crippen LogP) is 1.65. The Morgan fingerprint density at radius 1 is 1.20 bits per heavy atom. The number of rotatable bonds is 1. The van der Waals surface area contributed by atoms with Crippen LogP contribution in [-0.4, -0.2) is 11.8 Å². The van der Waals surface area contributed by atoms with Crippen molar-refractivity contribution in [2.45, 2.75) is 0 Å². The Morgan fingerprint density at radius 3 is 2.87 bits per heavy atom. The Bertz CT molecular complexity index is 507.